The molecule has 1 heterocycles. The van der Waals surface area contributed by atoms with E-state index in [0.29, 0.717) is 0 Å². The Labute approximate surface area is 129 Å². The van der Waals surface area contributed by atoms with Gasteiger partial charge in [0.2, 0.25) is 0 Å². The van der Waals surface area contributed by atoms with Gasteiger partial charge in [0.15, 0.2) is 5.78 Å². The van der Waals surface area contributed by atoms with E-state index in [-0.39, 0.29) is 5.78 Å². The van der Waals surface area contributed by atoms with Crippen LogP contribution in [-0.2, 0) is 0 Å². The van der Waals surface area contributed by atoms with Crippen molar-refractivity contribution < 1.29 is 4.79 Å². The van der Waals surface area contributed by atoms with Crippen molar-refractivity contribution in [2.45, 2.75) is 18.7 Å². The first-order valence-electron chi connectivity index (χ1n) is 7.06. The fraction of sp³-hybridized carbons (Fsp3) is 0.167. The lowest BCUT2D eigenvalue weighted by Crippen LogP contribution is -2.17. The Morgan fingerprint density at radius 3 is 2.67 bits per heavy atom. The van der Waals surface area contributed by atoms with E-state index < -0.39 is 0 Å². The third-order valence-electron chi connectivity index (χ3n) is 3.51. The van der Waals surface area contributed by atoms with Crippen LogP contribution in [0, 0.1) is 6.92 Å². The molecule has 0 saturated heterocycles. The lowest BCUT2D eigenvalue weighted by molar-refractivity contribution is 0.104. The standard InChI is InChI=1S/C18H17NOS/c1-3-19-15-11-13(2)9-10-17(15)21-18(19)12-16(20)14-7-5-4-6-8-14/h4-12H,3H2,1-2H3. The van der Waals surface area contributed by atoms with Gasteiger partial charge in [-0.1, -0.05) is 48.2 Å². The van der Waals surface area contributed by atoms with Gasteiger partial charge in [-0.3, -0.25) is 4.79 Å². The maximum absolute atomic E-state index is 12.4. The number of carbonyl (C=O) groups excluding carboxylic acids is 1. The monoisotopic (exact) mass is 295 g/mol. The average Bonchev–Trinajstić information content (AvgIpc) is 2.84. The average molecular weight is 295 g/mol. The highest BCUT2D eigenvalue weighted by Gasteiger charge is 2.24. The van der Waals surface area contributed by atoms with E-state index in [1.165, 1.54) is 16.1 Å². The van der Waals surface area contributed by atoms with Crippen LogP contribution in [0.15, 0.2) is 64.5 Å². The SMILES string of the molecule is CCN1C(=CC(=O)c2ccccc2)Sc2ccc(C)cc21. The minimum Gasteiger partial charge on any atom is -0.335 e. The summed E-state index contributed by atoms with van der Waals surface area (Å²) in [5.74, 6) is 0.0566. The molecule has 0 aromatic heterocycles. The molecule has 0 N–H and O–H groups in total. The number of thioether (sulfide) groups is 1. The molecule has 0 spiro atoms. The van der Waals surface area contributed by atoms with Gasteiger partial charge in [0.05, 0.1) is 10.7 Å². The molecule has 2 nitrogen and oxygen atoms in total. The van der Waals surface area contributed by atoms with Crippen LogP contribution < -0.4 is 4.90 Å². The van der Waals surface area contributed by atoms with Gasteiger partial charge >= 0.3 is 0 Å². The van der Waals surface area contributed by atoms with Gasteiger partial charge in [0.25, 0.3) is 0 Å². The summed E-state index contributed by atoms with van der Waals surface area (Å²) in [6.45, 7) is 5.06. The third kappa shape index (κ3) is 2.74. The Bertz CT molecular complexity index is 706. The summed E-state index contributed by atoms with van der Waals surface area (Å²) < 4.78 is 0. The summed E-state index contributed by atoms with van der Waals surface area (Å²) >= 11 is 1.67. The molecule has 3 heteroatoms. The summed E-state index contributed by atoms with van der Waals surface area (Å²) in [5, 5.41) is 1.01. The maximum atomic E-state index is 12.4. The van der Waals surface area contributed by atoms with E-state index >= 15 is 0 Å². The van der Waals surface area contributed by atoms with Crippen molar-refractivity contribution >= 4 is 23.2 Å². The number of nitrogens with zero attached hydrogens (tertiary/aromatic N) is 1. The molecule has 1 aliphatic rings. The van der Waals surface area contributed by atoms with Crippen LogP contribution in [0.1, 0.15) is 22.8 Å². The summed E-state index contributed by atoms with van der Waals surface area (Å²) in [5.41, 5.74) is 3.17. The van der Waals surface area contributed by atoms with Gasteiger partial charge in [0, 0.05) is 23.1 Å². The third-order valence-corrected chi connectivity index (χ3v) is 4.63. The number of fused-ring (bicyclic) bond motifs is 1. The number of anilines is 1. The van der Waals surface area contributed by atoms with Crippen molar-refractivity contribution in [1.29, 1.82) is 0 Å². The molecule has 0 radical (unpaired) electrons. The van der Waals surface area contributed by atoms with E-state index in [0.717, 1.165) is 17.1 Å². The zero-order valence-corrected chi connectivity index (χ0v) is 13.0. The molecule has 0 saturated carbocycles. The first-order valence-corrected chi connectivity index (χ1v) is 7.88. The van der Waals surface area contributed by atoms with Crippen molar-refractivity contribution in [2.75, 3.05) is 11.4 Å². The summed E-state index contributed by atoms with van der Waals surface area (Å²) in [4.78, 5) is 15.8. The summed E-state index contributed by atoms with van der Waals surface area (Å²) in [6.07, 6.45) is 1.75. The lowest BCUT2D eigenvalue weighted by atomic mass is 10.1. The Balaban J connectivity index is 1.94. The van der Waals surface area contributed by atoms with E-state index in [9.17, 15) is 4.79 Å². The zero-order chi connectivity index (χ0) is 14.8. The van der Waals surface area contributed by atoms with Crippen molar-refractivity contribution in [2.24, 2.45) is 0 Å². The van der Waals surface area contributed by atoms with Crippen LogP contribution in [0.2, 0.25) is 0 Å². The van der Waals surface area contributed by atoms with Gasteiger partial charge in [0.1, 0.15) is 0 Å². The Kier molecular flexibility index (Phi) is 3.84. The molecule has 21 heavy (non-hydrogen) atoms. The number of hydrogen-bond donors (Lipinski definition) is 0. The van der Waals surface area contributed by atoms with Gasteiger partial charge in [-0.2, -0.15) is 0 Å². The number of rotatable bonds is 3. The van der Waals surface area contributed by atoms with Crippen LogP contribution in [-0.4, -0.2) is 12.3 Å². The molecule has 0 aliphatic carbocycles. The molecule has 106 valence electrons. The second-order valence-electron chi connectivity index (χ2n) is 5.03. The summed E-state index contributed by atoms with van der Waals surface area (Å²) in [7, 11) is 0. The van der Waals surface area contributed by atoms with Gasteiger partial charge in [-0.05, 0) is 31.5 Å². The molecule has 0 fully saturated rings. The predicted octanol–water partition coefficient (Wildman–Crippen LogP) is 4.65. The van der Waals surface area contributed by atoms with Crippen molar-refractivity contribution in [3.05, 3.63) is 70.8 Å². The molecule has 3 rings (SSSR count). The normalized spacial score (nSPS) is 15.3. The summed E-state index contributed by atoms with van der Waals surface area (Å²) in [6, 6.07) is 15.8. The van der Waals surface area contributed by atoms with Crippen molar-refractivity contribution in [3.8, 4) is 0 Å². The Hall–Kier alpha value is -2.00. The molecule has 0 atom stereocenters. The molecule has 0 unspecified atom stereocenters. The Morgan fingerprint density at radius 2 is 1.95 bits per heavy atom. The molecule has 0 amide bonds. The smallest absolute Gasteiger partial charge is 0.188 e. The van der Waals surface area contributed by atoms with Crippen LogP contribution in [0.5, 0.6) is 0 Å². The Morgan fingerprint density at radius 1 is 1.19 bits per heavy atom. The molecular weight excluding hydrogens is 278 g/mol. The fourth-order valence-electron chi connectivity index (χ4n) is 2.44. The quantitative estimate of drug-likeness (QED) is 0.607. The van der Waals surface area contributed by atoms with Gasteiger partial charge < -0.3 is 4.90 Å². The highest BCUT2D eigenvalue weighted by Crippen LogP contribution is 2.46. The second-order valence-corrected chi connectivity index (χ2v) is 6.09. The molecule has 2 aromatic rings. The molecular formula is C18H17NOS. The predicted molar refractivity (Wildman–Crippen MR) is 88.9 cm³/mol. The highest BCUT2D eigenvalue weighted by molar-refractivity contribution is 8.03. The molecule has 2 aromatic carbocycles. The zero-order valence-electron chi connectivity index (χ0n) is 12.2. The van der Waals surface area contributed by atoms with Crippen LogP contribution in [0.3, 0.4) is 0 Å². The van der Waals surface area contributed by atoms with E-state index in [4.69, 9.17) is 0 Å². The number of ketones is 1. The first-order chi connectivity index (χ1) is 10.2. The van der Waals surface area contributed by atoms with E-state index in [1.54, 1.807) is 17.8 Å². The van der Waals surface area contributed by atoms with E-state index in [1.807, 2.05) is 30.3 Å². The maximum Gasteiger partial charge on any atom is 0.188 e. The fourth-order valence-corrected chi connectivity index (χ4v) is 3.58. The number of aryl methyl sites for hydroxylation is 1. The minimum absolute atomic E-state index is 0.0566. The topological polar surface area (TPSA) is 20.3 Å². The van der Waals surface area contributed by atoms with Crippen LogP contribution in [0.4, 0.5) is 5.69 Å². The second kappa shape index (κ2) is 5.78. The van der Waals surface area contributed by atoms with Gasteiger partial charge in [-0.25, -0.2) is 0 Å². The van der Waals surface area contributed by atoms with E-state index in [2.05, 4.69) is 36.9 Å². The number of benzene rings is 2. The van der Waals surface area contributed by atoms with Crippen LogP contribution in [0.25, 0.3) is 0 Å². The largest absolute Gasteiger partial charge is 0.335 e. The lowest BCUT2D eigenvalue weighted by Gasteiger charge is -2.18. The minimum atomic E-state index is 0.0566. The number of allylic oxidation sites excluding steroid dienone is 1. The van der Waals surface area contributed by atoms with Crippen molar-refractivity contribution in [3.63, 3.8) is 0 Å². The number of carbonyl (C=O) groups is 1. The van der Waals surface area contributed by atoms with Gasteiger partial charge in [-0.15, -0.1) is 0 Å². The van der Waals surface area contributed by atoms with Crippen molar-refractivity contribution in [1.82, 2.24) is 0 Å². The highest BCUT2D eigenvalue weighted by atomic mass is 32.2. The van der Waals surface area contributed by atoms with Crippen LogP contribution >= 0.6 is 11.8 Å². The number of hydrogen-bond acceptors (Lipinski definition) is 3. The first kappa shape index (κ1) is 14.0. The molecule has 0 bridgehead atoms. The molecule has 1 aliphatic heterocycles.